The lowest BCUT2D eigenvalue weighted by Crippen LogP contribution is -2.39. The summed E-state index contributed by atoms with van der Waals surface area (Å²) in [5.41, 5.74) is 3.36. The molecule has 1 heterocycles. The van der Waals surface area contributed by atoms with E-state index in [2.05, 4.69) is 46.6 Å². The Kier molecular flexibility index (Phi) is 10.6. The highest BCUT2D eigenvalue weighted by atomic mass is 35.5. The third kappa shape index (κ3) is 7.99. The van der Waals surface area contributed by atoms with Crippen LogP contribution in [-0.4, -0.2) is 37.1 Å². The summed E-state index contributed by atoms with van der Waals surface area (Å²) in [5, 5.41) is 12.9. The van der Waals surface area contributed by atoms with Crippen LogP contribution >= 0.6 is 24.0 Å². The van der Waals surface area contributed by atoms with Gasteiger partial charge in [-0.3, -0.25) is 4.90 Å². The highest BCUT2D eigenvalue weighted by Gasteiger charge is 2.21. The second kappa shape index (κ2) is 13.9. The average Bonchev–Trinajstić information content (AvgIpc) is 2.89. The van der Waals surface area contributed by atoms with E-state index in [0.29, 0.717) is 22.8 Å². The lowest BCUT2D eigenvalue weighted by molar-refractivity contribution is 0.183. The number of urea groups is 1. The number of piperidine rings is 1. The summed E-state index contributed by atoms with van der Waals surface area (Å²) < 4.78 is 0. The van der Waals surface area contributed by atoms with E-state index in [9.17, 15) is 10.1 Å². The molecule has 0 aliphatic carbocycles. The normalized spacial score (nSPS) is 13.9. The van der Waals surface area contributed by atoms with E-state index in [1.165, 1.54) is 18.4 Å². The first-order chi connectivity index (χ1) is 17.1. The van der Waals surface area contributed by atoms with Gasteiger partial charge in [0, 0.05) is 22.9 Å². The summed E-state index contributed by atoms with van der Waals surface area (Å²) in [5.74, 6) is 0.740. The van der Waals surface area contributed by atoms with Crippen molar-refractivity contribution in [2.24, 2.45) is 5.92 Å². The van der Waals surface area contributed by atoms with E-state index in [0.717, 1.165) is 44.1 Å². The van der Waals surface area contributed by atoms with Crippen molar-refractivity contribution in [2.45, 2.75) is 25.7 Å². The molecule has 1 aliphatic heterocycles. The number of carbonyl (C=O) groups is 1. The summed E-state index contributed by atoms with van der Waals surface area (Å²) in [4.78, 5) is 17.4. The van der Waals surface area contributed by atoms with Crippen LogP contribution in [-0.2, 0) is 6.42 Å². The minimum atomic E-state index is -0.219. The number of likely N-dealkylation sites (tertiary alicyclic amines) is 1. The number of hydrogen-bond donors (Lipinski definition) is 1. The molecule has 1 aliphatic rings. The Labute approximate surface area is 225 Å². The molecule has 1 fully saturated rings. The quantitative estimate of drug-likeness (QED) is 0.345. The maximum Gasteiger partial charge on any atom is 0.326 e. The number of benzene rings is 3. The third-order valence-corrected chi connectivity index (χ3v) is 6.81. The molecule has 0 radical (unpaired) electrons. The van der Waals surface area contributed by atoms with Gasteiger partial charge in [-0.15, -0.1) is 12.4 Å². The lowest BCUT2D eigenvalue weighted by Gasteiger charge is -2.32. The molecule has 3 aromatic carbocycles. The van der Waals surface area contributed by atoms with Gasteiger partial charge in [0.25, 0.3) is 0 Å². The Bertz CT molecular complexity index is 1140. The van der Waals surface area contributed by atoms with Crippen LogP contribution in [0.15, 0.2) is 78.9 Å². The Morgan fingerprint density at radius 3 is 2.44 bits per heavy atom. The first-order valence-electron chi connectivity index (χ1n) is 12.2. The second-order valence-electron chi connectivity index (χ2n) is 9.08. The predicted octanol–water partition coefficient (Wildman–Crippen LogP) is 7.02. The molecule has 5 nitrogen and oxygen atoms in total. The van der Waals surface area contributed by atoms with Gasteiger partial charge in [-0.25, -0.2) is 4.79 Å². The van der Waals surface area contributed by atoms with Gasteiger partial charge in [0.15, 0.2) is 0 Å². The molecule has 1 saturated heterocycles. The molecule has 0 aromatic heterocycles. The zero-order valence-electron chi connectivity index (χ0n) is 20.3. The number of amides is 2. The molecule has 1 N–H and O–H groups in total. The van der Waals surface area contributed by atoms with Gasteiger partial charge in [-0.05, 0) is 99.3 Å². The van der Waals surface area contributed by atoms with Gasteiger partial charge in [-0.1, -0.05) is 48.0 Å². The van der Waals surface area contributed by atoms with Gasteiger partial charge < -0.3 is 10.2 Å². The van der Waals surface area contributed by atoms with Crippen LogP contribution in [0.5, 0.6) is 0 Å². The number of nitrogens with zero attached hydrogens (tertiary/aromatic N) is 3. The van der Waals surface area contributed by atoms with Crippen LogP contribution in [0.25, 0.3) is 0 Å². The summed E-state index contributed by atoms with van der Waals surface area (Å²) >= 11 is 5.97. The van der Waals surface area contributed by atoms with E-state index in [1.54, 1.807) is 41.3 Å². The van der Waals surface area contributed by atoms with Crippen LogP contribution in [0.2, 0.25) is 5.02 Å². The van der Waals surface area contributed by atoms with E-state index >= 15 is 0 Å². The molecule has 0 atom stereocenters. The van der Waals surface area contributed by atoms with Crippen LogP contribution in [0.4, 0.5) is 16.2 Å². The first-order valence-corrected chi connectivity index (χ1v) is 12.6. The molecule has 0 unspecified atom stereocenters. The van der Waals surface area contributed by atoms with Crippen molar-refractivity contribution in [3.63, 3.8) is 0 Å². The van der Waals surface area contributed by atoms with Crippen molar-refractivity contribution >= 4 is 41.4 Å². The minimum absolute atomic E-state index is 0. The Morgan fingerprint density at radius 2 is 1.75 bits per heavy atom. The highest BCUT2D eigenvalue weighted by Crippen LogP contribution is 2.23. The van der Waals surface area contributed by atoms with Gasteiger partial charge in [-0.2, -0.15) is 5.26 Å². The van der Waals surface area contributed by atoms with E-state index in [4.69, 9.17) is 11.6 Å². The molecular formula is C29H32Cl2N4O. The van der Waals surface area contributed by atoms with Crippen LogP contribution in [0.3, 0.4) is 0 Å². The van der Waals surface area contributed by atoms with Gasteiger partial charge >= 0.3 is 6.03 Å². The summed E-state index contributed by atoms with van der Waals surface area (Å²) in [7, 11) is 0. The van der Waals surface area contributed by atoms with Crippen LogP contribution in [0, 0.1) is 17.2 Å². The average molecular weight is 524 g/mol. The molecule has 36 heavy (non-hydrogen) atoms. The van der Waals surface area contributed by atoms with Gasteiger partial charge in [0.1, 0.15) is 0 Å². The number of anilines is 2. The van der Waals surface area contributed by atoms with Crippen LogP contribution < -0.4 is 10.2 Å². The Balaban J connectivity index is 0.00000361. The molecule has 0 saturated carbocycles. The molecule has 3 aromatic rings. The standard InChI is InChI=1S/C29H31ClN4O.ClH/c30-26-10-12-27(13-11-26)32-29(35)34(28-9-4-8-25(21-28)22-31)17-5-16-33-18-14-24(15-19-33)20-23-6-2-1-3-7-23;/h1-4,6-13,21,24H,5,14-20H2,(H,32,35);1H. The molecular weight excluding hydrogens is 491 g/mol. The van der Waals surface area contributed by atoms with Crippen molar-refractivity contribution in [3.8, 4) is 6.07 Å². The topological polar surface area (TPSA) is 59.4 Å². The van der Waals surface area contributed by atoms with Crippen molar-refractivity contribution < 1.29 is 4.79 Å². The molecule has 0 spiro atoms. The van der Waals surface area contributed by atoms with E-state index < -0.39 is 0 Å². The number of rotatable bonds is 8. The lowest BCUT2D eigenvalue weighted by atomic mass is 9.90. The molecule has 4 rings (SSSR count). The maximum absolute atomic E-state index is 13.2. The largest absolute Gasteiger partial charge is 0.326 e. The number of hydrogen-bond acceptors (Lipinski definition) is 3. The van der Waals surface area contributed by atoms with Crippen molar-refractivity contribution in [2.75, 3.05) is 36.4 Å². The van der Waals surface area contributed by atoms with Crippen LogP contribution in [0.1, 0.15) is 30.4 Å². The van der Waals surface area contributed by atoms with Gasteiger partial charge in [0.05, 0.1) is 11.6 Å². The molecule has 2 amide bonds. The Hall–Kier alpha value is -3.04. The summed E-state index contributed by atoms with van der Waals surface area (Å²) in [6.45, 7) is 3.70. The molecule has 0 bridgehead atoms. The molecule has 188 valence electrons. The number of nitriles is 1. The predicted molar refractivity (Wildman–Crippen MR) is 150 cm³/mol. The number of halogens is 2. The number of carbonyl (C=O) groups excluding carboxylic acids is 1. The van der Waals surface area contributed by atoms with E-state index in [1.807, 2.05) is 12.1 Å². The van der Waals surface area contributed by atoms with Crippen molar-refractivity contribution in [1.82, 2.24) is 4.90 Å². The maximum atomic E-state index is 13.2. The fraction of sp³-hybridized carbons (Fsp3) is 0.310. The third-order valence-electron chi connectivity index (χ3n) is 6.56. The fourth-order valence-electron chi connectivity index (χ4n) is 4.63. The Morgan fingerprint density at radius 1 is 1.03 bits per heavy atom. The summed E-state index contributed by atoms with van der Waals surface area (Å²) in [6.07, 6.45) is 4.43. The van der Waals surface area contributed by atoms with Crippen molar-refractivity contribution in [1.29, 1.82) is 5.26 Å². The van der Waals surface area contributed by atoms with Crippen molar-refractivity contribution in [3.05, 3.63) is 95.0 Å². The zero-order valence-corrected chi connectivity index (χ0v) is 21.8. The first kappa shape index (κ1) is 27.5. The smallest absolute Gasteiger partial charge is 0.308 e. The zero-order chi connectivity index (χ0) is 24.5. The highest BCUT2D eigenvalue weighted by molar-refractivity contribution is 6.30. The van der Waals surface area contributed by atoms with Gasteiger partial charge in [0.2, 0.25) is 0 Å². The molecule has 7 heteroatoms. The van der Waals surface area contributed by atoms with E-state index in [-0.39, 0.29) is 18.4 Å². The second-order valence-corrected chi connectivity index (χ2v) is 9.52. The summed E-state index contributed by atoms with van der Waals surface area (Å²) in [6, 6.07) is 26.9. The minimum Gasteiger partial charge on any atom is -0.308 e. The monoisotopic (exact) mass is 522 g/mol. The SMILES string of the molecule is Cl.N#Cc1cccc(N(CCCN2CCC(Cc3ccccc3)CC2)C(=O)Nc2ccc(Cl)cc2)c1. The fourth-order valence-corrected chi connectivity index (χ4v) is 4.76. The number of nitrogens with one attached hydrogen (secondary N) is 1.